The minimum atomic E-state index is -2.87. The van der Waals surface area contributed by atoms with Crippen molar-refractivity contribution in [1.29, 1.82) is 0 Å². The third-order valence-corrected chi connectivity index (χ3v) is 6.28. The minimum Gasteiger partial charge on any atom is -0.381 e. The molecule has 0 amide bonds. The summed E-state index contributed by atoms with van der Waals surface area (Å²) in [6.45, 7) is 6.58. The van der Waals surface area contributed by atoms with Crippen LogP contribution in [-0.4, -0.2) is 23.0 Å². The molecule has 5 heteroatoms. The molecule has 0 unspecified atom stereocenters. The number of unbranched alkanes of at least 4 members (excludes halogenated alkanes) is 22. The maximum absolute atomic E-state index is 8.70. The van der Waals surface area contributed by atoms with Gasteiger partial charge < -0.3 is 4.74 Å². The van der Waals surface area contributed by atoms with E-state index in [1.54, 1.807) is 0 Å². The summed E-state index contributed by atoms with van der Waals surface area (Å²) in [5.41, 5.74) is 0. The molecule has 0 atom stereocenters. The summed E-state index contributed by atoms with van der Waals surface area (Å²) in [5, 5.41) is 0. The van der Waals surface area contributed by atoms with Gasteiger partial charge in [-0.2, -0.15) is 0 Å². The highest BCUT2D eigenvalue weighted by molar-refractivity contribution is 7.30. The average Bonchev–Trinajstić information content (AvgIpc) is 2.79. The second-order valence-electron chi connectivity index (χ2n) is 9.64. The lowest BCUT2D eigenvalue weighted by Crippen LogP contribution is -1.97. The molecule has 2 N–H and O–H groups in total. The SMILES string of the molecule is CCCCCCCCCCCCCCOCCCCCCCCCCCCCC.O=[P+](O)O. The van der Waals surface area contributed by atoms with Crippen molar-refractivity contribution in [3.05, 3.63) is 0 Å². The van der Waals surface area contributed by atoms with Gasteiger partial charge in [-0.25, -0.2) is 0 Å². The summed E-state index contributed by atoms with van der Waals surface area (Å²) in [7, 11) is -2.87. The minimum absolute atomic E-state index is 0.995. The van der Waals surface area contributed by atoms with Crippen LogP contribution in [0.25, 0.3) is 0 Å². The molecule has 0 rings (SSSR count). The summed E-state index contributed by atoms with van der Waals surface area (Å²) in [6.07, 6.45) is 34.1. The van der Waals surface area contributed by atoms with Gasteiger partial charge in [0.1, 0.15) is 0 Å². The van der Waals surface area contributed by atoms with Gasteiger partial charge in [-0.05, 0) is 12.8 Å². The fourth-order valence-electron chi connectivity index (χ4n) is 4.19. The van der Waals surface area contributed by atoms with Crippen LogP contribution in [0.1, 0.15) is 168 Å². The molecule has 0 saturated heterocycles. The largest absolute Gasteiger partial charge is 0.692 e. The van der Waals surface area contributed by atoms with E-state index in [-0.39, 0.29) is 0 Å². The fourth-order valence-corrected chi connectivity index (χ4v) is 4.19. The molecule has 0 aromatic heterocycles. The Kier molecular flexibility index (Phi) is 36.4. The van der Waals surface area contributed by atoms with Gasteiger partial charge in [0.25, 0.3) is 0 Å². The summed E-state index contributed by atoms with van der Waals surface area (Å²) in [5.74, 6) is 0. The zero-order valence-corrected chi connectivity index (χ0v) is 23.4. The molecule has 0 fully saturated rings. The van der Waals surface area contributed by atoms with Gasteiger partial charge in [0, 0.05) is 17.8 Å². The molecule has 0 bridgehead atoms. The Hall–Kier alpha value is -0.0200. The Bertz CT molecular complexity index is 323. The third-order valence-electron chi connectivity index (χ3n) is 6.28. The highest BCUT2D eigenvalue weighted by atomic mass is 31.1. The quantitative estimate of drug-likeness (QED) is 0.0933. The summed E-state index contributed by atoms with van der Waals surface area (Å²) < 4.78 is 14.5. The van der Waals surface area contributed by atoms with E-state index < -0.39 is 8.25 Å². The van der Waals surface area contributed by atoms with Gasteiger partial charge in [-0.3, -0.25) is 0 Å². The monoisotopic (exact) mass is 491 g/mol. The van der Waals surface area contributed by atoms with Crippen LogP contribution >= 0.6 is 8.25 Å². The van der Waals surface area contributed by atoms with Gasteiger partial charge in [0.05, 0.1) is 0 Å². The molecule has 0 heterocycles. The van der Waals surface area contributed by atoms with Crippen LogP contribution in [0.5, 0.6) is 0 Å². The van der Waals surface area contributed by atoms with Gasteiger partial charge in [-0.1, -0.05) is 155 Å². The van der Waals surface area contributed by atoms with E-state index >= 15 is 0 Å². The van der Waals surface area contributed by atoms with Crippen LogP contribution in [-0.2, 0) is 9.30 Å². The van der Waals surface area contributed by atoms with Crippen molar-refractivity contribution in [3.8, 4) is 0 Å². The Labute approximate surface area is 208 Å². The molecule has 0 aromatic carbocycles. The molecule has 33 heavy (non-hydrogen) atoms. The van der Waals surface area contributed by atoms with Crippen molar-refractivity contribution in [3.63, 3.8) is 0 Å². The van der Waals surface area contributed by atoms with Gasteiger partial charge >= 0.3 is 8.25 Å². The molecule has 0 aliphatic heterocycles. The first kappa shape index (κ1) is 35.1. The summed E-state index contributed by atoms with van der Waals surface area (Å²) in [6, 6.07) is 0. The Morgan fingerprint density at radius 3 is 0.818 bits per heavy atom. The Balaban J connectivity index is 0. The predicted molar refractivity (Wildman–Crippen MR) is 145 cm³/mol. The third kappa shape index (κ3) is 42.6. The van der Waals surface area contributed by atoms with Crippen LogP contribution in [0.15, 0.2) is 0 Å². The number of hydrogen-bond donors (Lipinski definition) is 2. The molecule has 200 valence electrons. The molecule has 0 spiro atoms. The van der Waals surface area contributed by atoms with E-state index in [0.29, 0.717) is 0 Å². The molecule has 0 aromatic rings. The topological polar surface area (TPSA) is 66.8 Å². The van der Waals surface area contributed by atoms with Crippen molar-refractivity contribution < 1.29 is 19.1 Å². The van der Waals surface area contributed by atoms with Crippen molar-refractivity contribution in [2.24, 2.45) is 0 Å². The van der Waals surface area contributed by atoms with Gasteiger partial charge in [-0.15, -0.1) is 9.79 Å². The lowest BCUT2D eigenvalue weighted by molar-refractivity contribution is 0.125. The highest BCUT2D eigenvalue weighted by Crippen LogP contribution is 2.13. The van der Waals surface area contributed by atoms with Crippen LogP contribution in [0.3, 0.4) is 0 Å². The summed E-state index contributed by atoms with van der Waals surface area (Å²) >= 11 is 0. The first-order chi connectivity index (χ1) is 16.1. The first-order valence-corrected chi connectivity index (χ1v) is 15.7. The maximum Gasteiger partial charge on any atom is 0.692 e. The predicted octanol–water partition coefficient (Wildman–Crippen LogP) is 10.0. The van der Waals surface area contributed by atoms with Gasteiger partial charge in [0.15, 0.2) is 0 Å². The highest BCUT2D eigenvalue weighted by Gasteiger charge is 1.96. The zero-order valence-electron chi connectivity index (χ0n) is 22.5. The van der Waals surface area contributed by atoms with Crippen LogP contribution < -0.4 is 0 Å². The van der Waals surface area contributed by atoms with E-state index in [2.05, 4.69) is 13.8 Å². The van der Waals surface area contributed by atoms with Crippen LogP contribution in [0.2, 0.25) is 0 Å². The molecule has 0 radical (unpaired) electrons. The number of hydrogen-bond acceptors (Lipinski definition) is 2. The molecule has 0 saturated carbocycles. The Morgan fingerprint density at radius 2 is 0.606 bits per heavy atom. The van der Waals surface area contributed by atoms with Crippen molar-refractivity contribution in [2.75, 3.05) is 13.2 Å². The van der Waals surface area contributed by atoms with Gasteiger partial charge in [0.2, 0.25) is 0 Å². The van der Waals surface area contributed by atoms with E-state index in [9.17, 15) is 0 Å². The molecule has 0 aliphatic carbocycles. The second-order valence-corrected chi connectivity index (χ2v) is 10.1. The lowest BCUT2D eigenvalue weighted by Gasteiger charge is -2.05. The summed E-state index contributed by atoms with van der Waals surface area (Å²) in [4.78, 5) is 14.2. The van der Waals surface area contributed by atoms with Crippen LogP contribution in [0.4, 0.5) is 0 Å². The second kappa shape index (κ2) is 34.1. The number of rotatable bonds is 26. The smallest absolute Gasteiger partial charge is 0.381 e. The standard InChI is InChI=1S/C28H58O.HO3P/c1-3-5-7-9-11-13-15-17-19-21-23-25-27-29-28-26-24-22-20-18-16-14-12-10-8-6-4-2;1-4(2)3/h3-28H2,1-2H3;(H-,1,2,3)/p+1. The molecule has 0 aliphatic rings. The van der Waals surface area contributed by atoms with E-state index in [1.165, 1.54) is 154 Å². The fraction of sp³-hybridized carbons (Fsp3) is 1.00. The maximum atomic E-state index is 8.70. The van der Waals surface area contributed by atoms with Crippen molar-refractivity contribution in [2.45, 2.75) is 168 Å². The lowest BCUT2D eigenvalue weighted by atomic mass is 10.1. The zero-order chi connectivity index (χ0) is 24.7. The Morgan fingerprint density at radius 1 is 0.424 bits per heavy atom. The van der Waals surface area contributed by atoms with E-state index in [1.807, 2.05) is 0 Å². The average molecular weight is 492 g/mol. The molecular weight excluding hydrogens is 431 g/mol. The van der Waals surface area contributed by atoms with Crippen LogP contribution in [0, 0.1) is 0 Å². The normalized spacial score (nSPS) is 10.8. The van der Waals surface area contributed by atoms with Crippen molar-refractivity contribution in [1.82, 2.24) is 0 Å². The molecule has 4 nitrogen and oxygen atoms in total. The molecular formula is C28H60O4P+. The number of ether oxygens (including phenoxy) is 1. The van der Waals surface area contributed by atoms with E-state index in [4.69, 9.17) is 19.1 Å². The van der Waals surface area contributed by atoms with E-state index in [0.717, 1.165) is 13.2 Å². The van der Waals surface area contributed by atoms with Crippen molar-refractivity contribution >= 4 is 8.25 Å². The first-order valence-electron chi connectivity index (χ1n) is 14.6.